The van der Waals surface area contributed by atoms with E-state index < -0.39 is 11.4 Å². The lowest BCUT2D eigenvalue weighted by molar-refractivity contribution is 0.931. The van der Waals surface area contributed by atoms with Gasteiger partial charge in [-0.15, -0.1) is 0 Å². The quantitative estimate of drug-likeness (QED) is 0.385. The molecule has 1 radical (unpaired) electrons. The zero-order valence-corrected chi connectivity index (χ0v) is 17.0. The van der Waals surface area contributed by atoms with Gasteiger partial charge >= 0.3 is 0 Å². The summed E-state index contributed by atoms with van der Waals surface area (Å²) >= 11 is 53.6. The molecule has 0 fully saturated rings. The molecule has 0 aliphatic carbocycles. The van der Waals surface area contributed by atoms with Crippen molar-refractivity contribution in [3.8, 4) is 0 Å². The molecule has 1 rings (SSSR count). The number of hydrogen-bond donors (Lipinski definition) is 0. The molecule has 1 aromatic rings. The maximum Gasteiger partial charge on any atom is 0.216 e. The summed E-state index contributed by atoms with van der Waals surface area (Å²) in [5.74, 6) is 0. The van der Waals surface area contributed by atoms with Gasteiger partial charge in [0, 0.05) is 16.7 Å². The second-order valence-corrected chi connectivity index (χ2v) is 11.0. The van der Waals surface area contributed by atoms with Gasteiger partial charge in [0.1, 0.15) is 0 Å². The van der Waals surface area contributed by atoms with Crippen LogP contribution in [0.2, 0.25) is 0 Å². The fourth-order valence-electron chi connectivity index (χ4n) is 1.79. The highest BCUT2D eigenvalue weighted by Gasteiger charge is 2.36. The normalized spacial score (nSPS) is 13.6. The lowest BCUT2D eigenvalue weighted by atomic mass is 9.95. The van der Waals surface area contributed by atoms with Gasteiger partial charge < -0.3 is 0 Å². The first-order chi connectivity index (χ1) is 9.28. The zero-order chi connectivity index (χ0) is 16.6. The van der Waals surface area contributed by atoms with Gasteiger partial charge in [-0.1, -0.05) is 111 Å². The van der Waals surface area contributed by atoms with Crippen molar-refractivity contribution >= 4 is 104 Å². The molecular formula is C12H8Cl9. The van der Waals surface area contributed by atoms with E-state index in [2.05, 4.69) is 6.92 Å². The van der Waals surface area contributed by atoms with Crippen LogP contribution < -0.4 is 0 Å². The van der Waals surface area contributed by atoms with E-state index in [1.165, 1.54) is 12.1 Å². The van der Waals surface area contributed by atoms with Crippen LogP contribution in [0.3, 0.4) is 0 Å². The summed E-state index contributed by atoms with van der Waals surface area (Å²) in [5, 5.41) is 0. The van der Waals surface area contributed by atoms with Gasteiger partial charge in [-0.2, -0.15) is 0 Å². The molecule has 0 aromatic heterocycles. The maximum atomic E-state index is 6.00. The Hall–Kier alpha value is 1.83. The minimum Gasteiger partial charge on any atom is -0.0784 e. The second-order valence-electron chi connectivity index (χ2n) is 4.15. The van der Waals surface area contributed by atoms with Crippen molar-refractivity contribution in [2.45, 2.75) is 24.2 Å². The van der Waals surface area contributed by atoms with E-state index in [0.717, 1.165) is 0 Å². The van der Waals surface area contributed by atoms with Gasteiger partial charge in [-0.3, -0.25) is 0 Å². The third kappa shape index (κ3) is 5.69. The van der Waals surface area contributed by atoms with E-state index in [1.807, 2.05) is 0 Å². The summed E-state index contributed by atoms with van der Waals surface area (Å²) in [7, 11) is 0. The Labute approximate surface area is 168 Å². The van der Waals surface area contributed by atoms with Crippen molar-refractivity contribution < 1.29 is 0 Å². The Balaban J connectivity index is 3.75. The highest BCUT2D eigenvalue weighted by Crippen LogP contribution is 2.50. The average Bonchev–Trinajstić information content (AvgIpc) is 2.24. The molecule has 0 aliphatic rings. The van der Waals surface area contributed by atoms with Crippen LogP contribution in [0.25, 0.3) is 0 Å². The molecule has 0 heterocycles. The lowest BCUT2D eigenvalue weighted by Gasteiger charge is -2.26. The molecular weight excluding hydrogens is 463 g/mol. The van der Waals surface area contributed by atoms with Crippen LogP contribution in [0.5, 0.6) is 0 Å². The van der Waals surface area contributed by atoms with Crippen molar-refractivity contribution in [1.82, 2.24) is 0 Å². The smallest absolute Gasteiger partial charge is 0.0784 e. The molecule has 0 atom stereocenters. The molecule has 9 heteroatoms. The second kappa shape index (κ2) is 7.38. The molecule has 0 saturated heterocycles. The monoisotopic (exact) mass is 467 g/mol. The number of hydrogen-bond acceptors (Lipinski definition) is 0. The Morgan fingerprint density at radius 2 is 1.10 bits per heavy atom. The predicted molar refractivity (Wildman–Crippen MR) is 97.8 cm³/mol. The van der Waals surface area contributed by atoms with Crippen molar-refractivity contribution in [2.75, 3.05) is 0 Å². The van der Waals surface area contributed by atoms with Gasteiger partial charge in [0.2, 0.25) is 11.4 Å². The summed E-state index contributed by atoms with van der Waals surface area (Å²) in [4.78, 5) is 0. The van der Waals surface area contributed by atoms with E-state index in [9.17, 15) is 0 Å². The molecule has 0 amide bonds. The summed E-state index contributed by atoms with van der Waals surface area (Å²) in [5.41, 5.74) is 1.38. The Kier molecular flexibility index (Phi) is 7.33. The summed E-state index contributed by atoms with van der Waals surface area (Å²) in [6.45, 7) is 3.76. The van der Waals surface area contributed by atoms with Gasteiger partial charge in [0.15, 0.2) is 0 Å². The molecule has 0 nitrogen and oxygen atoms in total. The van der Waals surface area contributed by atoms with E-state index in [1.54, 1.807) is 0 Å². The zero-order valence-electron chi connectivity index (χ0n) is 10.2. The fraction of sp³-hybridized carbons (Fsp3) is 0.417. The van der Waals surface area contributed by atoms with Crippen LogP contribution >= 0.6 is 104 Å². The van der Waals surface area contributed by atoms with E-state index in [-0.39, 0.29) is 5.56 Å². The minimum absolute atomic E-state index is 0.239. The topological polar surface area (TPSA) is 0 Å². The molecule has 0 aliphatic heterocycles. The first-order valence-electron chi connectivity index (χ1n) is 5.46. The number of halogens is 9. The van der Waals surface area contributed by atoms with Crippen molar-refractivity contribution in [1.29, 1.82) is 0 Å². The lowest BCUT2D eigenvalue weighted by Crippen LogP contribution is -2.16. The van der Waals surface area contributed by atoms with Crippen LogP contribution in [-0.2, 0) is 17.8 Å². The first kappa shape index (κ1) is 20.9. The van der Waals surface area contributed by atoms with E-state index in [0.29, 0.717) is 29.5 Å². The molecule has 0 N–H and O–H groups in total. The third-order valence-electron chi connectivity index (χ3n) is 2.61. The summed E-state index contributed by atoms with van der Waals surface area (Å²) < 4.78 is -5.28. The van der Waals surface area contributed by atoms with Crippen molar-refractivity contribution in [2.24, 2.45) is 0 Å². The van der Waals surface area contributed by atoms with Gasteiger partial charge in [0.05, 0.1) is 0 Å². The first-order valence-corrected chi connectivity index (χ1v) is 8.86. The van der Waals surface area contributed by atoms with E-state index in [4.69, 9.17) is 104 Å². The fourth-order valence-corrected chi connectivity index (χ4v) is 3.13. The van der Waals surface area contributed by atoms with Crippen LogP contribution in [0.15, 0.2) is 12.1 Å². The Bertz CT molecular complexity index is 470. The highest BCUT2D eigenvalue weighted by atomic mass is 35.6. The Morgan fingerprint density at radius 1 is 0.714 bits per heavy atom. The molecule has 0 spiro atoms. The average molecular weight is 471 g/mol. The van der Waals surface area contributed by atoms with Crippen molar-refractivity contribution in [3.63, 3.8) is 0 Å². The molecule has 119 valence electrons. The molecule has 0 unspecified atom stereocenters. The number of rotatable bonds is 2. The number of benzene rings is 1. The van der Waals surface area contributed by atoms with Crippen LogP contribution in [0, 0.1) is 6.92 Å². The van der Waals surface area contributed by atoms with Crippen LogP contribution in [-0.4, -0.2) is 0 Å². The summed E-state index contributed by atoms with van der Waals surface area (Å²) in [6, 6.07) is 2.95. The van der Waals surface area contributed by atoms with Crippen molar-refractivity contribution in [3.05, 3.63) is 41.3 Å². The largest absolute Gasteiger partial charge is 0.216 e. The maximum absolute atomic E-state index is 6.00. The van der Waals surface area contributed by atoms with Crippen LogP contribution in [0.1, 0.15) is 28.7 Å². The standard InChI is InChI=1S/C12H8Cl9/c1-2-3-7-8(11(16,17)18)4-6(10(13,14)15)5-9(7)12(19,20)21/h4-5H,1-3H2. The highest BCUT2D eigenvalue weighted by molar-refractivity contribution is 6.68. The molecule has 0 saturated carbocycles. The molecule has 0 bridgehead atoms. The number of alkyl halides is 9. The predicted octanol–water partition coefficient (Wildman–Crippen LogP) is 7.93. The SMILES string of the molecule is [CH2]CCc1c(C(Cl)(Cl)Cl)cc(C(Cl)(Cl)Cl)cc1C(Cl)(Cl)Cl. The molecule has 21 heavy (non-hydrogen) atoms. The molecule has 1 aromatic carbocycles. The summed E-state index contributed by atoms with van der Waals surface area (Å²) in [6.07, 6.45) is 0.946. The van der Waals surface area contributed by atoms with Gasteiger partial charge in [0.25, 0.3) is 0 Å². The van der Waals surface area contributed by atoms with Gasteiger partial charge in [-0.25, -0.2) is 0 Å². The minimum atomic E-state index is -1.76. The van der Waals surface area contributed by atoms with Crippen LogP contribution in [0.4, 0.5) is 0 Å². The third-order valence-corrected chi connectivity index (χ3v) is 4.49. The van der Waals surface area contributed by atoms with Gasteiger partial charge in [-0.05, 0) is 30.5 Å². The Morgan fingerprint density at radius 3 is 1.33 bits per heavy atom. The van der Waals surface area contributed by atoms with E-state index >= 15 is 0 Å².